The average Bonchev–Trinajstić information content (AvgIpc) is 2.32. The zero-order chi connectivity index (χ0) is 8.32. The lowest BCUT2D eigenvalue weighted by molar-refractivity contribution is 0.548. The Morgan fingerprint density at radius 1 is 1.55 bits per heavy atom. The van der Waals surface area contributed by atoms with Crippen LogP contribution in [0.4, 0.5) is 0 Å². The van der Waals surface area contributed by atoms with Crippen molar-refractivity contribution >= 4 is 9.84 Å². The van der Waals surface area contributed by atoms with Crippen molar-refractivity contribution in [1.29, 1.82) is 0 Å². The molecule has 66 valence electrons. The second-order valence-corrected chi connectivity index (χ2v) is 5.54. The molecule has 0 bridgehead atoms. The van der Waals surface area contributed by atoms with Crippen molar-refractivity contribution in [3.8, 4) is 0 Å². The molecule has 11 heavy (non-hydrogen) atoms. The summed E-state index contributed by atoms with van der Waals surface area (Å²) in [7, 11) is -2.74. The Labute approximate surface area is 68.1 Å². The first-order valence-corrected chi connectivity index (χ1v) is 6.02. The Hall–Kier alpha value is -0.0900. The van der Waals surface area contributed by atoms with E-state index in [4.69, 9.17) is 0 Å². The topological polar surface area (TPSA) is 46.2 Å². The minimum Gasteiger partial charge on any atom is -0.316 e. The molecule has 0 saturated carbocycles. The van der Waals surface area contributed by atoms with Crippen molar-refractivity contribution < 1.29 is 8.42 Å². The van der Waals surface area contributed by atoms with E-state index in [9.17, 15) is 8.42 Å². The summed E-state index contributed by atoms with van der Waals surface area (Å²) in [6.45, 7) is 2.05. The molecule has 1 aliphatic heterocycles. The molecule has 1 heterocycles. The zero-order valence-electron chi connectivity index (χ0n) is 6.84. The Kier molecular flexibility index (Phi) is 2.90. The molecule has 0 radical (unpaired) electrons. The van der Waals surface area contributed by atoms with E-state index in [-0.39, 0.29) is 0 Å². The van der Waals surface area contributed by atoms with Crippen molar-refractivity contribution in [2.24, 2.45) is 5.92 Å². The van der Waals surface area contributed by atoms with Crippen LogP contribution in [0.3, 0.4) is 0 Å². The normalized spacial score (nSPS) is 25.7. The first-order valence-electron chi connectivity index (χ1n) is 3.96. The quantitative estimate of drug-likeness (QED) is 0.661. The number of rotatable bonds is 3. The highest BCUT2D eigenvalue weighted by Crippen LogP contribution is 2.12. The van der Waals surface area contributed by atoms with Crippen LogP contribution in [0.5, 0.6) is 0 Å². The van der Waals surface area contributed by atoms with Crippen LogP contribution in [0.25, 0.3) is 0 Å². The molecule has 0 aliphatic carbocycles. The second-order valence-electron chi connectivity index (χ2n) is 3.28. The van der Waals surface area contributed by atoms with E-state index in [0.717, 1.165) is 25.9 Å². The summed E-state index contributed by atoms with van der Waals surface area (Å²) in [6, 6.07) is 0. The van der Waals surface area contributed by atoms with Crippen LogP contribution in [0.15, 0.2) is 0 Å². The van der Waals surface area contributed by atoms with Crippen LogP contribution in [0.1, 0.15) is 12.8 Å². The first kappa shape index (κ1) is 9.00. The molecule has 1 aliphatic rings. The fourth-order valence-corrected chi connectivity index (χ4v) is 2.10. The van der Waals surface area contributed by atoms with E-state index in [1.807, 2.05) is 0 Å². The molecule has 1 fully saturated rings. The summed E-state index contributed by atoms with van der Waals surface area (Å²) in [5, 5.41) is 3.21. The van der Waals surface area contributed by atoms with Gasteiger partial charge in [0.2, 0.25) is 0 Å². The lowest BCUT2D eigenvalue weighted by atomic mass is 10.1. The Bertz CT molecular complexity index is 204. The van der Waals surface area contributed by atoms with E-state index in [0.29, 0.717) is 11.7 Å². The molecule has 0 spiro atoms. The standard InChI is InChI=1S/C7H15NO2S/c1-11(9,10)5-3-7-2-4-8-6-7/h7-8H,2-6H2,1H3/t7-/m0/s1. The van der Waals surface area contributed by atoms with Gasteiger partial charge in [0, 0.05) is 6.26 Å². The zero-order valence-corrected chi connectivity index (χ0v) is 7.65. The van der Waals surface area contributed by atoms with Crippen LogP contribution in [0.2, 0.25) is 0 Å². The van der Waals surface area contributed by atoms with Gasteiger partial charge in [-0.2, -0.15) is 0 Å². The van der Waals surface area contributed by atoms with E-state index in [1.165, 1.54) is 6.26 Å². The van der Waals surface area contributed by atoms with E-state index in [2.05, 4.69) is 5.32 Å². The Balaban J connectivity index is 2.22. The maximum absolute atomic E-state index is 10.8. The molecule has 0 amide bonds. The molecule has 1 rings (SSSR count). The van der Waals surface area contributed by atoms with Crippen LogP contribution in [-0.4, -0.2) is 33.5 Å². The van der Waals surface area contributed by atoms with Gasteiger partial charge in [-0.3, -0.25) is 0 Å². The third kappa shape index (κ3) is 3.72. The highest BCUT2D eigenvalue weighted by Gasteiger charge is 2.15. The lowest BCUT2D eigenvalue weighted by Crippen LogP contribution is -2.12. The van der Waals surface area contributed by atoms with Gasteiger partial charge in [0.15, 0.2) is 0 Å². The Morgan fingerprint density at radius 2 is 2.27 bits per heavy atom. The molecule has 1 N–H and O–H groups in total. The lowest BCUT2D eigenvalue weighted by Gasteiger charge is -2.05. The minimum atomic E-state index is -2.74. The van der Waals surface area contributed by atoms with Gasteiger partial charge in [0.1, 0.15) is 9.84 Å². The van der Waals surface area contributed by atoms with Gasteiger partial charge in [-0.1, -0.05) is 0 Å². The monoisotopic (exact) mass is 177 g/mol. The third-order valence-electron chi connectivity index (χ3n) is 2.06. The van der Waals surface area contributed by atoms with E-state index < -0.39 is 9.84 Å². The van der Waals surface area contributed by atoms with Gasteiger partial charge in [-0.15, -0.1) is 0 Å². The fourth-order valence-electron chi connectivity index (χ4n) is 1.34. The van der Waals surface area contributed by atoms with Gasteiger partial charge >= 0.3 is 0 Å². The molecular weight excluding hydrogens is 162 g/mol. The summed E-state index contributed by atoms with van der Waals surface area (Å²) < 4.78 is 21.5. The second kappa shape index (κ2) is 3.54. The minimum absolute atomic E-state index is 0.347. The number of hydrogen-bond acceptors (Lipinski definition) is 3. The number of nitrogens with one attached hydrogen (secondary N) is 1. The van der Waals surface area contributed by atoms with E-state index in [1.54, 1.807) is 0 Å². The van der Waals surface area contributed by atoms with Crippen molar-refractivity contribution in [3.63, 3.8) is 0 Å². The van der Waals surface area contributed by atoms with Crippen LogP contribution >= 0.6 is 0 Å². The highest BCUT2D eigenvalue weighted by molar-refractivity contribution is 7.90. The predicted molar refractivity (Wildman–Crippen MR) is 45.3 cm³/mol. The molecule has 0 aromatic heterocycles. The summed E-state index contributed by atoms with van der Waals surface area (Å²) in [5.74, 6) is 0.934. The van der Waals surface area contributed by atoms with Crippen molar-refractivity contribution in [2.45, 2.75) is 12.8 Å². The highest BCUT2D eigenvalue weighted by atomic mass is 32.2. The van der Waals surface area contributed by atoms with Crippen LogP contribution in [0, 0.1) is 5.92 Å². The SMILES string of the molecule is CS(=O)(=O)CC[C@@H]1CCNC1. The first-order chi connectivity index (χ1) is 5.08. The fraction of sp³-hybridized carbons (Fsp3) is 1.00. The predicted octanol–water partition coefficient (Wildman–Crippen LogP) is 0.0306. The van der Waals surface area contributed by atoms with Gasteiger partial charge in [-0.05, 0) is 31.8 Å². The van der Waals surface area contributed by atoms with Gasteiger partial charge in [0.25, 0.3) is 0 Å². The molecule has 1 atom stereocenters. The van der Waals surface area contributed by atoms with Gasteiger partial charge in [0.05, 0.1) is 5.75 Å². The Morgan fingerprint density at radius 3 is 2.73 bits per heavy atom. The number of sulfone groups is 1. The maximum Gasteiger partial charge on any atom is 0.147 e. The van der Waals surface area contributed by atoms with Crippen LogP contribution < -0.4 is 5.32 Å². The molecule has 0 aromatic rings. The van der Waals surface area contributed by atoms with Gasteiger partial charge < -0.3 is 5.32 Å². The molecule has 1 saturated heterocycles. The summed E-state index contributed by atoms with van der Waals surface area (Å²) in [5.41, 5.74) is 0. The third-order valence-corrected chi connectivity index (χ3v) is 3.04. The van der Waals surface area contributed by atoms with Crippen LogP contribution in [-0.2, 0) is 9.84 Å². The molecular formula is C7H15NO2S. The summed E-state index contributed by atoms with van der Waals surface area (Å²) in [4.78, 5) is 0. The van der Waals surface area contributed by atoms with Crippen molar-refractivity contribution in [1.82, 2.24) is 5.32 Å². The van der Waals surface area contributed by atoms with E-state index >= 15 is 0 Å². The average molecular weight is 177 g/mol. The molecule has 0 aromatic carbocycles. The molecule has 4 heteroatoms. The number of hydrogen-bond donors (Lipinski definition) is 1. The summed E-state index contributed by atoms with van der Waals surface area (Å²) in [6.07, 6.45) is 3.26. The molecule has 0 unspecified atom stereocenters. The van der Waals surface area contributed by atoms with Crippen molar-refractivity contribution in [3.05, 3.63) is 0 Å². The van der Waals surface area contributed by atoms with Gasteiger partial charge in [-0.25, -0.2) is 8.42 Å². The smallest absolute Gasteiger partial charge is 0.147 e. The maximum atomic E-state index is 10.8. The van der Waals surface area contributed by atoms with Crippen molar-refractivity contribution in [2.75, 3.05) is 25.1 Å². The summed E-state index contributed by atoms with van der Waals surface area (Å²) >= 11 is 0. The molecule has 3 nitrogen and oxygen atoms in total. The largest absolute Gasteiger partial charge is 0.316 e.